The van der Waals surface area contributed by atoms with E-state index >= 15 is 0 Å². The van der Waals surface area contributed by atoms with Crippen LogP contribution in [0.5, 0.6) is 0 Å². The number of amides is 1. The number of halogens is 2. The lowest BCUT2D eigenvalue weighted by atomic mass is 10.1. The van der Waals surface area contributed by atoms with Crippen LogP contribution in [0.4, 0.5) is 5.69 Å². The van der Waals surface area contributed by atoms with Crippen molar-refractivity contribution in [3.05, 3.63) is 28.7 Å². The number of para-hydroxylation sites is 1. The first-order chi connectivity index (χ1) is 9.06. The third-order valence-corrected chi connectivity index (χ3v) is 3.83. The molecule has 2 rings (SSSR count). The van der Waals surface area contributed by atoms with Gasteiger partial charge in [0.2, 0.25) is 5.91 Å². The molecule has 20 heavy (non-hydrogen) atoms. The predicted molar refractivity (Wildman–Crippen MR) is 82.2 cm³/mol. The quantitative estimate of drug-likeness (QED) is 0.860. The van der Waals surface area contributed by atoms with Crippen LogP contribution in [0.15, 0.2) is 28.7 Å². The highest BCUT2D eigenvalue weighted by atomic mass is 79.9. The Hall–Kier alpha value is -1.11. The molecule has 1 fully saturated rings. The first kappa shape index (κ1) is 16.9. The zero-order valence-electron chi connectivity index (χ0n) is 10.7. The van der Waals surface area contributed by atoms with E-state index in [0.29, 0.717) is 19.5 Å². The molecule has 1 unspecified atom stereocenters. The van der Waals surface area contributed by atoms with E-state index in [1.165, 1.54) is 0 Å². The molecule has 1 amide bonds. The molecular formula is C13H16BrClN2O3. The summed E-state index contributed by atoms with van der Waals surface area (Å²) in [5.74, 6) is -1.26. The molecule has 0 aliphatic carbocycles. The van der Waals surface area contributed by atoms with Gasteiger partial charge in [0.1, 0.15) is 0 Å². The number of hydrogen-bond acceptors (Lipinski definition) is 3. The Labute approximate surface area is 131 Å². The van der Waals surface area contributed by atoms with Crippen LogP contribution in [0.1, 0.15) is 6.42 Å². The second-order valence-electron chi connectivity index (χ2n) is 4.59. The molecule has 1 aliphatic heterocycles. The number of benzene rings is 1. The Kier molecular flexibility index (Phi) is 6.45. The van der Waals surface area contributed by atoms with Gasteiger partial charge < -0.3 is 10.4 Å². The maximum Gasteiger partial charge on any atom is 0.307 e. The third kappa shape index (κ3) is 4.47. The number of nitrogens with zero attached hydrogens (tertiary/aromatic N) is 1. The molecule has 2 N–H and O–H groups in total. The van der Waals surface area contributed by atoms with Gasteiger partial charge in [-0.2, -0.15) is 0 Å². The molecule has 0 aromatic heterocycles. The summed E-state index contributed by atoms with van der Waals surface area (Å²) in [6.45, 7) is 1.32. The molecule has 1 saturated heterocycles. The van der Waals surface area contributed by atoms with Gasteiger partial charge in [-0.3, -0.25) is 14.5 Å². The second kappa shape index (κ2) is 7.61. The van der Waals surface area contributed by atoms with Crippen LogP contribution >= 0.6 is 28.3 Å². The van der Waals surface area contributed by atoms with Crippen molar-refractivity contribution in [2.24, 2.45) is 5.92 Å². The minimum absolute atomic E-state index is 0. The fraction of sp³-hybridized carbons (Fsp3) is 0.385. The Bertz CT molecular complexity index is 498. The number of anilines is 1. The molecular weight excluding hydrogens is 348 g/mol. The van der Waals surface area contributed by atoms with Gasteiger partial charge in [0.25, 0.3) is 0 Å². The maximum atomic E-state index is 11.9. The van der Waals surface area contributed by atoms with Crippen LogP contribution in [0.25, 0.3) is 0 Å². The van der Waals surface area contributed by atoms with E-state index in [-0.39, 0.29) is 30.8 Å². The minimum Gasteiger partial charge on any atom is -0.481 e. The first-order valence-electron chi connectivity index (χ1n) is 6.06. The lowest BCUT2D eigenvalue weighted by Gasteiger charge is -2.15. The van der Waals surface area contributed by atoms with Crippen molar-refractivity contribution in [3.63, 3.8) is 0 Å². The average Bonchev–Trinajstić information content (AvgIpc) is 2.80. The molecule has 0 bridgehead atoms. The van der Waals surface area contributed by atoms with Gasteiger partial charge in [-0.15, -0.1) is 12.4 Å². The van der Waals surface area contributed by atoms with Crippen molar-refractivity contribution >= 4 is 45.9 Å². The normalized spacial score (nSPS) is 18.4. The van der Waals surface area contributed by atoms with E-state index in [2.05, 4.69) is 21.2 Å². The standard InChI is InChI=1S/C13H15BrN2O3.ClH/c14-10-3-1-2-4-11(10)15-12(17)8-16-6-5-9(7-16)13(18)19;/h1-4,9H,5-8H2,(H,15,17)(H,18,19);1H. The Morgan fingerprint density at radius 1 is 1.40 bits per heavy atom. The van der Waals surface area contributed by atoms with Crippen molar-refractivity contribution in [1.82, 2.24) is 4.90 Å². The summed E-state index contributed by atoms with van der Waals surface area (Å²) >= 11 is 3.36. The van der Waals surface area contributed by atoms with E-state index in [1.807, 2.05) is 29.2 Å². The molecule has 1 atom stereocenters. The zero-order chi connectivity index (χ0) is 13.8. The zero-order valence-corrected chi connectivity index (χ0v) is 13.1. The molecule has 1 aromatic carbocycles. The number of carbonyl (C=O) groups is 2. The largest absolute Gasteiger partial charge is 0.481 e. The van der Waals surface area contributed by atoms with Crippen molar-refractivity contribution in [2.75, 3.05) is 25.0 Å². The number of hydrogen-bond donors (Lipinski definition) is 2. The van der Waals surface area contributed by atoms with E-state index in [4.69, 9.17) is 5.11 Å². The van der Waals surface area contributed by atoms with E-state index in [1.54, 1.807) is 0 Å². The van der Waals surface area contributed by atoms with Crippen LogP contribution in [0, 0.1) is 5.92 Å². The smallest absolute Gasteiger partial charge is 0.307 e. The fourth-order valence-corrected chi connectivity index (χ4v) is 2.52. The highest BCUT2D eigenvalue weighted by Gasteiger charge is 2.28. The molecule has 110 valence electrons. The van der Waals surface area contributed by atoms with Gasteiger partial charge in [0.15, 0.2) is 0 Å². The van der Waals surface area contributed by atoms with Gasteiger partial charge in [0.05, 0.1) is 18.2 Å². The summed E-state index contributed by atoms with van der Waals surface area (Å²) in [6.07, 6.45) is 0.609. The van der Waals surface area contributed by atoms with Gasteiger partial charge >= 0.3 is 5.97 Å². The van der Waals surface area contributed by atoms with Gasteiger partial charge in [0, 0.05) is 11.0 Å². The highest BCUT2D eigenvalue weighted by Crippen LogP contribution is 2.21. The van der Waals surface area contributed by atoms with Crippen molar-refractivity contribution in [2.45, 2.75) is 6.42 Å². The number of nitrogens with one attached hydrogen (secondary N) is 1. The van der Waals surface area contributed by atoms with Gasteiger partial charge in [-0.25, -0.2) is 0 Å². The van der Waals surface area contributed by atoms with Crippen molar-refractivity contribution < 1.29 is 14.7 Å². The third-order valence-electron chi connectivity index (χ3n) is 3.14. The monoisotopic (exact) mass is 362 g/mol. The van der Waals surface area contributed by atoms with Gasteiger partial charge in [-0.1, -0.05) is 12.1 Å². The Morgan fingerprint density at radius 3 is 2.70 bits per heavy atom. The van der Waals surface area contributed by atoms with Crippen molar-refractivity contribution in [1.29, 1.82) is 0 Å². The average molecular weight is 364 g/mol. The lowest BCUT2D eigenvalue weighted by Crippen LogP contribution is -2.32. The predicted octanol–water partition coefficient (Wildman–Crippen LogP) is 2.22. The minimum atomic E-state index is -0.784. The molecule has 5 nitrogen and oxygen atoms in total. The van der Waals surface area contributed by atoms with Crippen LogP contribution in [-0.4, -0.2) is 41.5 Å². The summed E-state index contributed by atoms with van der Waals surface area (Å²) < 4.78 is 0.827. The summed E-state index contributed by atoms with van der Waals surface area (Å²) in [5.41, 5.74) is 0.724. The van der Waals surface area contributed by atoms with Crippen molar-refractivity contribution in [3.8, 4) is 0 Å². The number of rotatable bonds is 4. The molecule has 1 aliphatic rings. The van der Waals surface area contributed by atoms with Crippen LogP contribution < -0.4 is 5.32 Å². The summed E-state index contributed by atoms with van der Waals surface area (Å²) in [6, 6.07) is 7.38. The molecule has 0 spiro atoms. The van der Waals surface area contributed by atoms with Crippen LogP contribution in [-0.2, 0) is 9.59 Å². The maximum absolute atomic E-state index is 11.9. The van der Waals surface area contributed by atoms with E-state index in [9.17, 15) is 9.59 Å². The summed E-state index contributed by atoms with van der Waals surface area (Å²) in [5, 5.41) is 11.7. The highest BCUT2D eigenvalue weighted by molar-refractivity contribution is 9.10. The number of carboxylic acids is 1. The number of carbonyl (C=O) groups excluding carboxylic acids is 1. The molecule has 0 saturated carbocycles. The van der Waals surface area contributed by atoms with Crippen LogP contribution in [0.2, 0.25) is 0 Å². The number of likely N-dealkylation sites (tertiary alicyclic amines) is 1. The topological polar surface area (TPSA) is 69.6 Å². The molecule has 0 radical (unpaired) electrons. The number of aliphatic carboxylic acids is 1. The summed E-state index contributed by atoms with van der Waals surface area (Å²) in [4.78, 5) is 24.6. The second-order valence-corrected chi connectivity index (χ2v) is 5.44. The Morgan fingerprint density at radius 2 is 2.10 bits per heavy atom. The fourth-order valence-electron chi connectivity index (χ4n) is 2.13. The van der Waals surface area contributed by atoms with Gasteiger partial charge in [-0.05, 0) is 41.0 Å². The molecule has 1 heterocycles. The van der Waals surface area contributed by atoms with Crippen LogP contribution in [0.3, 0.4) is 0 Å². The van der Waals surface area contributed by atoms with E-state index < -0.39 is 5.97 Å². The molecule has 7 heteroatoms. The first-order valence-corrected chi connectivity index (χ1v) is 6.85. The SMILES string of the molecule is Cl.O=C(CN1CCC(C(=O)O)C1)Nc1ccccc1Br. The van der Waals surface area contributed by atoms with E-state index in [0.717, 1.165) is 10.2 Å². The summed E-state index contributed by atoms with van der Waals surface area (Å²) in [7, 11) is 0. The number of carboxylic acid groups (broad SMARTS) is 1. The lowest BCUT2D eigenvalue weighted by molar-refractivity contribution is -0.141. The molecule has 1 aromatic rings. The Balaban J connectivity index is 0.00000200.